The number of carboxylic acids is 1. The summed E-state index contributed by atoms with van der Waals surface area (Å²) >= 11 is 0. The van der Waals surface area contributed by atoms with E-state index in [1.807, 2.05) is 0 Å². The standard InChI is InChI=1S/C9H19NO4S/c1-5-15(13,14)10(9(2,3)4)7-6-8(11)12/h5-7H2,1-4H3,(H,11,12). The molecule has 0 aliphatic heterocycles. The van der Waals surface area contributed by atoms with Crippen LogP contribution in [-0.2, 0) is 14.8 Å². The maximum absolute atomic E-state index is 11.7. The Morgan fingerprint density at radius 1 is 1.33 bits per heavy atom. The van der Waals surface area contributed by atoms with Gasteiger partial charge in [-0.1, -0.05) is 0 Å². The third kappa shape index (κ3) is 4.61. The average molecular weight is 237 g/mol. The van der Waals surface area contributed by atoms with Crippen LogP contribution in [0, 0.1) is 0 Å². The maximum atomic E-state index is 11.7. The molecule has 5 nitrogen and oxygen atoms in total. The van der Waals surface area contributed by atoms with Crippen LogP contribution < -0.4 is 0 Å². The number of aliphatic carboxylic acids is 1. The van der Waals surface area contributed by atoms with Crippen molar-refractivity contribution >= 4 is 16.0 Å². The lowest BCUT2D eigenvalue weighted by molar-refractivity contribution is -0.137. The molecule has 0 aromatic heterocycles. The molecule has 0 aliphatic rings. The molecule has 1 N–H and O–H groups in total. The molecule has 6 heteroatoms. The zero-order valence-corrected chi connectivity index (χ0v) is 10.5. The number of rotatable bonds is 5. The van der Waals surface area contributed by atoms with Gasteiger partial charge in [0, 0.05) is 12.1 Å². The first-order valence-electron chi connectivity index (χ1n) is 4.83. The third-order valence-corrected chi connectivity index (χ3v) is 4.11. The predicted octanol–water partition coefficient (Wildman–Crippen LogP) is 0.911. The van der Waals surface area contributed by atoms with Gasteiger partial charge in [0.15, 0.2) is 0 Å². The van der Waals surface area contributed by atoms with Gasteiger partial charge in [-0.2, -0.15) is 4.31 Å². The summed E-state index contributed by atoms with van der Waals surface area (Å²) in [5, 5.41) is 8.55. The fraction of sp³-hybridized carbons (Fsp3) is 0.889. The Morgan fingerprint density at radius 2 is 1.80 bits per heavy atom. The van der Waals surface area contributed by atoms with Gasteiger partial charge >= 0.3 is 5.97 Å². The van der Waals surface area contributed by atoms with Crippen LogP contribution >= 0.6 is 0 Å². The van der Waals surface area contributed by atoms with Crippen molar-refractivity contribution in [3.63, 3.8) is 0 Å². The molecule has 0 aromatic carbocycles. The summed E-state index contributed by atoms with van der Waals surface area (Å²) in [6.07, 6.45) is -0.170. The summed E-state index contributed by atoms with van der Waals surface area (Å²) in [7, 11) is -3.34. The number of sulfonamides is 1. The van der Waals surface area contributed by atoms with E-state index in [9.17, 15) is 13.2 Å². The molecular formula is C9H19NO4S. The number of hydrogen-bond acceptors (Lipinski definition) is 3. The Morgan fingerprint density at radius 3 is 2.07 bits per heavy atom. The van der Waals surface area contributed by atoms with Crippen molar-refractivity contribution in [1.29, 1.82) is 0 Å². The Kier molecular flexibility index (Phi) is 4.73. The summed E-state index contributed by atoms with van der Waals surface area (Å²) in [6.45, 7) is 6.83. The van der Waals surface area contributed by atoms with Crippen LogP contribution in [-0.4, -0.2) is 41.6 Å². The van der Waals surface area contributed by atoms with Gasteiger partial charge in [0.05, 0.1) is 12.2 Å². The highest BCUT2D eigenvalue weighted by Gasteiger charge is 2.31. The van der Waals surface area contributed by atoms with E-state index < -0.39 is 21.5 Å². The van der Waals surface area contributed by atoms with Crippen LogP contribution in [0.3, 0.4) is 0 Å². The van der Waals surface area contributed by atoms with Crippen LogP contribution in [0.25, 0.3) is 0 Å². The lowest BCUT2D eigenvalue weighted by atomic mass is 10.1. The maximum Gasteiger partial charge on any atom is 0.304 e. The van der Waals surface area contributed by atoms with Gasteiger partial charge in [0.1, 0.15) is 0 Å². The van der Waals surface area contributed by atoms with Crippen molar-refractivity contribution in [1.82, 2.24) is 4.31 Å². The average Bonchev–Trinajstić information content (AvgIpc) is 2.01. The predicted molar refractivity (Wildman–Crippen MR) is 58.2 cm³/mol. The molecule has 90 valence electrons. The quantitative estimate of drug-likeness (QED) is 0.771. The molecule has 0 unspecified atom stereocenters. The number of hydrogen-bond donors (Lipinski definition) is 1. The van der Waals surface area contributed by atoms with Gasteiger partial charge < -0.3 is 5.11 Å². The number of carbonyl (C=O) groups is 1. The van der Waals surface area contributed by atoms with E-state index in [1.165, 1.54) is 4.31 Å². The van der Waals surface area contributed by atoms with Crippen LogP contribution in [0.1, 0.15) is 34.1 Å². The zero-order valence-electron chi connectivity index (χ0n) is 9.65. The van der Waals surface area contributed by atoms with Crippen molar-refractivity contribution in [2.75, 3.05) is 12.3 Å². The minimum absolute atomic E-state index is 0.0100. The van der Waals surface area contributed by atoms with E-state index >= 15 is 0 Å². The van der Waals surface area contributed by atoms with Gasteiger partial charge in [-0.3, -0.25) is 4.79 Å². The lowest BCUT2D eigenvalue weighted by Gasteiger charge is -2.33. The smallest absolute Gasteiger partial charge is 0.304 e. The topological polar surface area (TPSA) is 74.7 Å². The van der Waals surface area contributed by atoms with E-state index in [4.69, 9.17) is 5.11 Å². The molecule has 0 rings (SSSR count). The molecule has 0 spiro atoms. The van der Waals surface area contributed by atoms with E-state index in [1.54, 1.807) is 27.7 Å². The van der Waals surface area contributed by atoms with Crippen molar-refractivity contribution in [3.05, 3.63) is 0 Å². The van der Waals surface area contributed by atoms with E-state index in [-0.39, 0.29) is 18.7 Å². The lowest BCUT2D eigenvalue weighted by Crippen LogP contribution is -2.47. The third-order valence-electron chi connectivity index (χ3n) is 1.98. The Labute approximate surface area is 91.1 Å². The summed E-state index contributed by atoms with van der Waals surface area (Å²) in [5.74, 6) is -1.00. The SMILES string of the molecule is CCS(=O)(=O)N(CCC(=O)O)C(C)(C)C. The number of carboxylic acid groups (broad SMARTS) is 1. The summed E-state index contributed by atoms with van der Waals surface area (Å²) in [6, 6.07) is 0. The summed E-state index contributed by atoms with van der Waals surface area (Å²) < 4.78 is 24.6. The molecule has 0 aliphatic carbocycles. The van der Waals surface area contributed by atoms with E-state index in [0.29, 0.717) is 0 Å². The van der Waals surface area contributed by atoms with Crippen LogP contribution in [0.4, 0.5) is 0 Å². The van der Waals surface area contributed by atoms with Crippen molar-refractivity contribution in [3.8, 4) is 0 Å². The van der Waals surface area contributed by atoms with Gasteiger partial charge in [0.25, 0.3) is 0 Å². The molecule has 0 saturated carbocycles. The van der Waals surface area contributed by atoms with Crippen molar-refractivity contribution in [2.24, 2.45) is 0 Å². The summed E-state index contributed by atoms with van der Waals surface area (Å²) in [5.41, 5.74) is -0.579. The first-order chi connectivity index (χ1) is 6.61. The second kappa shape index (κ2) is 4.94. The summed E-state index contributed by atoms with van der Waals surface area (Å²) in [4.78, 5) is 10.4. The minimum Gasteiger partial charge on any atom is -0.481 e. The Balaban J connectivity index is 4.85. The van der Waals surface area contributed by atoms with Gasteiger partial charge in [0.2, 0.25) is 10.0 Å². The van der Waals surface area contributed by atoms with Crippen LogP contribution in [0.5, 0.6) is 0 Å². The second-order valence-electron chi connectivity index (χ2n) is 4.29. The first-order valence-corrected chi connectivity index (χ1v) is 6.44. The highest BCUT2D eigenvalue weighted by Crippen LogP contribution is 2.18. The number of nitrogens with zero attached hydrogens (tertiary/aromatic N) is 1. The molecular weight excluding hydrogens is 218 g/mol. The largest absolute Gasteiger partial charge is 0.481 e. The molecule has 0 heterocycles. The highest BCUT2D eigenvalue weighted by atomic mass is 32.2. The molecule has 0 radical (unpaired) electrons. The second-order valence-corrected chi connectivity index (χ2v) is 6.47. The zero-order chi connectivity index (χ0) is 12.3. The Hall–Kier alpha value is -0.620. The van der Waals surface area contributed by atoms with Crippen molar-refractivity contribution < 1.29 is 18.3 Å². The molecule has 0 saturated heterocycles. The van der Waals surface area contributed by atoms with E-state index in [2.05, 4.69) is 0 Å². The van der Waals surface area contributed by atoms with Crippen molar-refractivity contribution in [2.45, 2.75) is 39.7 Å². The molecule has 0 bridgehead atoms. The fourth-order valence-corrected chi connectivity index (χ4v) is 2.76. The van der Waals surface area contributed by atoms with Crippen LogP contribution in [0.2, 0.25) is 0 Å². The van der Waals surface area contributed by atoms with Gasteiger partial charge in [-0.25, -0.2) is 8.42 Å². The monoisotopic (exact) mass is 237 g/mol. The van der Waals surface area contributed by atoms with Gasteiger partial charge in [-0.15, -0.1) is 0 Å². The van der Waals surface area contributed by atoms with E-state index in [0.717, 1.165) is 0 Å². The molecule has 15 heavy (non-hydrogen) atoms. The first kappa shape index (κ1) is 14.4. The molecule has 0 amide bonds. The molecule has 0 aromatic rings. The van der Waals surface area contributed by atoms with Gasteiger partial charge in [-0.05, 0) is 27.7 Å². The normalized spacial score (nSPS) is 13.1. The Bertz CT molecular complexity index is 315. The highest BCUT2D eigenvalue weighted by molar-refractivity contribution is 7.89. The van der Waals surface area contributed by atoms with Crippen LogP contribution in [0.15, 0.2) is 0 Å². The minimum atomic E-state index is -3.34. The fourth-order valence-electron chi connectivity index (χ4n) is 1.24. The molecule has 0 fully saturated rings. The molecule has 0 atom stereocenters.